The molecule has 0 radical (unpaired) electrons. The highest BCUT2D eigenvalue weighted by atomic mass is 19.1. The summed E-state index contributed by atoms with van der Waals surface area (Å²) in [6.07, 6.45) is 5.06. The Morgan fingerprint density at radius 2 is 1.87 bits per heavy atom. The molecular weight excluding hydrogens is 496 g/mol. The van der Waals surface area contributed by atoms with Crippen molar-refractivity contribution in [3.63, 3.8) is 0 Å². The number of halogens is 2. The maximum absolute atomic E-state index is 13.9. The molecule has 5 nitrogen and oxygen atoms in total. The van der Waals surface area contributed by atoms with E-state index in [1.807, 2.05) is 30.5 Å². The van der Waals surface area contributed by atoms with Gasteiger partial charge in [0, 0.05) is 35.8 Å². The van der Waals surface area contributed by atoms with E-state index in [1.165, 1.54) is 28.8 Å². The first-order valence-corrected chi connectivity index (χ1v) is 13.7. The van der Waals surface area contributed by atoms with Crippen LogP contribution in [0.4, 0.5) is 8.78 Å². The fourth-order valence-electron chi connectivity index (χ4n) is 5.66. The normalized spacial score (nSPS) is 16.6. The van der Waals surface area contributed by atoms with Crippen LogP contribution in [0.3, 0.4) is 0 Å². The predicted octanol–water partition coefficient (Wildman–Crippen LogP) is 5.31. The van der Waals surface area contributed by atoms with Gasteiger partial charge in [-0.3, -0.25) is 4.79 Å². The van der Waals surface area contributed by atoms with Gasteiger partial charge in [-0.25, -0.2) is 8.78 Å². The zero-order chi connectivity index (χ0) is 27.4. The van der Waals surface area contributed by atoms with Crippen LogP contribution in [0.2, 0.25) is 0 Å². The smallest absolute Gasteiger partial charge is 0.224 e. The Morgan fingerprint density at radius 3 is 2.67 bits per heavy atom. The van der Waals surface area contributed by atoms with E-state index < -0.39 is 23.8 Å². The second-order valence-electron chi connectivity index (χ2n) is 10.5. The third-order valence-corrected chi connectivity index (χ3v) is 7.72. The molecule has 1 aliphatic carbocycles. The maximum atomic E-state index is 13.9. The van der Waals surface area contributed by atoms with Crippen molar-refractivity contribution in [1.82, 2.24) is 15.6 Å². The zero-order valence-corrected chi connectivity index (χ0v) is 22.1. The van der Waals surface area contributed by atoms with Crippen LogP contribution in [-0.2, 0) is 30.5 Å². The Labute approximate surface area is 227 Å². The van der Waals surface area contributed by atoms with Crippen molar-refractivity contribution in [1.29, 1.82) is 0 Å². The molecule has 0 unspecified atom stereocenters. The lowest BCUT2D eigenvalue weighted by Crippen LogP contribution is -2.49. The second-order valence-corrected chi connectivity index (χ2v) is 10.5. The highest BCUT2D eigenvalue weighted by molar-refractivity contribution is 5.89. The van der Waals surface area contributed by atoms with Gasteiger partial charge in [0.05, 0.1) is 18.6 Å². The van der Waals surface area contributed by atoms with Crippen LogP contribution in [0.15, 0.2) is 66.9 Å². The average molecular weight is 532 g/mol. The summed E-state index contributed by atoms with van der Waals surface area (Å²) in [6, 6.07) is 17.0. The fourth-order valence-corrected chi connectivity index (χ4v) is 5.66. The molecule has 204 valence electrons. The summed E-state index contributed by atoms with van der Waals surface area (Å²) in [5, 5.41) is 18.7. The molecule has 1 heterocycles. The highest BCUT2D eigenvalue weighted by Crippen LogP contribution is 2.31. The Hall–Kier alpha value is -3.55. The number of aliphatic hydroxyl groups is 1. The number of aliphatic hydroxyl groups excluding tert-OH is 1. The summed E-state index contributed by atoms with van der Waals surface area (Å²) in [5.74, 6) is -1.64. The molecule has 7 heteroatoms. The van der Waals surface area contributed by atoms with Gasteiger partial charge in [0.1, 0.15) is 11.6 Å². The van der Waals surface area contributed by atoms with Crippen LogP contribution >= 0.6 is 0 Å². The Morgan fingerprint density at radius 1 is 1.08 bits per heavy atom. The van der Waals surface area contributed by atoms with Crippen LogP contribution in [0.1, 0.15) is 53.6 Å². The standard InChI is InChI=1S/C32H35F2N3O2/c1-2-20-10-11-22-6-5-9-29(27(22)14-20)36-19-31(38)30(15-21-12-24(33)17-25(34)13-21)37-32(39)16-23-18-35-28-8-4-3-7-26(23)28/h3-4,7-8,10-14,17-18,29-31,35-36,38H,2,5-6,9,15-16,19H2,1H3,(H,37,39)/t29-,30-,31+/m1/s1. The SMILES string of the molecule is CCc1ccc2c(c1)[C@H](NC[C@H](O)[C@@H](Cc1cc(F)cc(F)c1)NC(=O)Cc1c[nH]c3ccccc13)CCC2. The Balaban J connectivity index is 1.31. The number of benzene rings is 3. The van der Waals surface area contributed by atoms with Crippen LogP contribution in [0.25, 0.3) is 10.9 Å². The van der Waals surface area contributed by atoms with Gasteiger partial charge in [-0.05, 0) is 78.1 Å². The van der Waals surface area contributed by atoms with E-state index in [0.29, 0.717) is 5.56 Å². The van der Waals surface area contributed by atoms with Crippen molar-refractivity contribution in [2.45, 2.75) is 63.6 Å². The van der Waals surface area contributed by atoms with Crippen molar-refractivity contribution in [2.24, 2.45) is 0 Å². The van der Waals surface area contributed by atoms with Crippen LogP contribution in [0, 0.1) is 11.6 Å². The van der Waals surface area contributed by atoms with E-state index in [-0.39, 0.29) is 31.3 Å². The van der Waals surface area contributed by atoms with Crippen LogP contribution in [0.5, 0.6) is 0 Å². The minimum absolute atomic E-state index is 0.0956. The quantitative estimate of drug-likeness (QED) is 0.224. The van der Waals surface area contributed by atoms with Gasteiger partial charge in [0.2, 0.25) is 5.91 Å². The van der Waals surface area contributed by atoms with Crippen molar-refractivity contribution in [2.75, 3.05) is 6.54 Å². The van der Waals surface area contributed by atoms with E-state index in [2.05, 4.69) is 40.7 Å². The third kappa shape index (κ3) is 6.54. The molecule has 39 heavy (non-hydrogen) atoms. The number of amides is 1. The van der Waals surface area contributed by atoms with Gasteiger partial charge in [-0.15, -0.1) is 0 Å². The highest BCUT2D eigenvalue weighted by Gasteiger charge is 2.26. The van der Waals surface area contributed by atoms with Crippen molar-refractivity contribution in [3.8, 4) is 0 Å². The number of nitrogens with one attached hydrogen (secondary N) is 3. The van der Waals surface area contributed by atoms with Gasteiger partial charge < -0.3 is 20.7 Å². The molecule has 0 saturated heterocycles. The predicted molar refractivity (Wildman–Crippen MR) is 150 cm³/mol. The first-order valence-electron chi connectivity index (χ1n) is 13.7. The molecule has 0 aliphatic heterocycles. The fraction of sp³-hybridized carbons (Fsp3) is 0.344. The van der Waals surface area contributed by atoms with Gasteiger partial charge in [0.25, 0.3) is 0 Å². The monoisotopic (exact) mass is 531 g/mol. The first-order chi connectivity index (χ1) is 18.9. The van der Waals surface area contributed by atoms with Gasteiger partial charge in [-0.1, -0.05) is 43.3 Å². The minimum atomic E-state index is -0.969. The topological polar surface area (TPSA) is 77.2 Å². The molecule has 0 saturated carbocycles. The number of carbonyl (C=O) groups excluding carboxylic acids is 1. The molecule has 5 rings (SSSR count). The largest absolute Gasteiger partial charge is 0.390 e. The van der Waals surface area contributed by atoms with Crippen LogP contribution in [-0.4, -0.2) is 34.7 Å². The van der Waals surface area contributed by atoms with E-state index in [0.717, 1.165) is 48.2 Å². The number of rotatable bonds is 10. The number of aromatic amines is 1. The summed E-state index contributed by atoms with van der Waals surface area (Å²) in [7, 11) is 0. The number of H-pyrrole nitrogens is 1. The molecule has 1 aromatic heterocycles. The van der Waals surface area contributed by atoms with Gasteiger partial charge >= 0.3 is 0 Å². The molecule has 4 N–H and O–H groups in total. The average Bonchev–Trinajstić information content (AvgIpc) is 3.33. The molecule has 4 aromatic rings. The Kier molecular flexibility index (Phi) is 8.38. The molecule has 0 fully saturated rings. The molecular formula is C32H35F2N3O2. The van der Waals surface area contributed by atoms with E-state index in [1.54, 1.807) is 0 Å². The lowest BCUT2D eigenvalue weighted by molar-refractivity contribution is -0.122. The molecule has 0 bridgehead atoms. The summed E-state index contributed by atoms with van der Waals surface area (Å²) in [4.78, 5) is 16.3. The molecule has 0 spiro atoms. The van der Waals surface area contributed by atoms with Gasteiger partial charge in [0.15, 0.2) is 0 Å². The lowest BCUT2D eigenvalue weighted by Gasteiger charge is -2.30. The van der Waals surface area contributed by atoms with Crippen molar-refractivity contribution < 1.29 is 18.7 Å². The first kappa shape index (κ1) is 27.0. The van der Waals surface area contributed by atoms with Crippen LogP contribution < -0.4 is 10.6 Å². The second kappa shape index (κ2) is 12.1. The summed E-state index contributed by atoms with van der Waals surface area (Å²) < 4.78 is 27.9. The van der Waals surface area contributed by atoms with E-state index >= 15 is 0 Å². The number of fused-ring (bicyclic) bond motifs is 2. The third-order valence-electron chi connectivity index (χ3n) is 7.72. The molecule has 3 aromatic carbocycles. The van der Waals surface area contributed by atoms with E-state index in [9.17, 15) is 18.7 Å². The molecule has 1 aliphatic rings. The number of aromatic nitrogens is 1. The van der Waals surface area contributed by atoms with E-state index in [4.69, 9.17) is 0 Å². The Bertz CT molecular complexity index is 1430. The zero-order valence-electron chi connectivity index (χ0n) is 22.1. The number of para-hydroxylation sites is 1. The number of carbonyl (C=O) groups is 1. The van der Waals surface area contributed by atoms with Crippen molar-refractivity contribution >= 4 is 16.8 Å². The summed E-state index contributed by atoms with van der Waals surface area (Å²) >= 11 is 0. The molecule has 1 amide bonds. The maximum Gasteiger partial charge on any atom is 0.224 e. The van der Waals surface area contributed by atoms with Gasteiger partial charge in [-0.2, -0.15) is 0 Å². The lowest BCUT2D eigenvalue weighted by atomic mass is 9.86. The number of aryl methyl sites for hydroxylation is 2. The summed E-state index contributed by atoms with van der Waals surface area (Å²) in [6.45, 7) is 2.37. The number of hydrogen-bond acceptors (Lipinski definition) is 3. The minimum Gasteiger partial charge on any atom is -0.390 e. The number of hydrogen-bond donors (Lipinski definition) is 4. The summed E-state index contributed by atoms with van der Waals surface area (Å²) in [5.41, 5.74) is 6.02. The molecule has 3 atom stereocenters. The van der Waals surface area contributed by atoms with Crippen molar-refractivity contribution in [3.05, 3.63) is 106 Å².